The number of carbonyl (C=O) groups excluding carboxylic acids is 1. The fourth-order valence-electron chi connectivity index (χ4n) is 5.57. The van der Waals surface area contributed by atoms with Crippen LogP contribution in [-0.2, 0) is 11.4 Å². The van der Waals surface area contributed by atoms with E-state index in [2.05, 4.69) is 0 Å². The Labute approximate surface area is 239 Å². The van der Waals surface area contributed by atoms with Crippen LogP contribution in [0.1, 0.15) is 82.3 Å². The highest BCUT2D eigenvalue weighted by molar-refractivity contribution is 8.18. The second-order valence-electron chi connectivity index (χ2n) is 10.5. The summed E-state index contributed by atoms with van der Waals surface area (Å²) in [5.41, 5.74) is 1.59. The number of aliphatic imine (C=N–C) groups is 1. The van der Waals surface area contributed by atoms with Gasteiger partial charge >= 0.3 is 0 Å². The van der Waals surface area contributed by atoms with Gasteiger partial charge in [0.05, 0.1) is 22.6 Å². The van der Waals surface area contributed by atoms with E-state index >= 15 is 0 Å². The second kappa shape index (κ2) is 13.2. The molecule has 1 aliphatic heterocycles. The Morgan fingerprint density at radius 3 is 2.41 bits per heavy atom. The van der Waals surface area contributed by atoms with Gasteiger partial charge in [-0.3, -0.25) is 14.7 Å². The zero-order chi connectivity index (χ0) is 27.2. The van der Waals surface area contributed by atoms with Gasteiger partial charge in [-0.05, 0) is 85.8 Å². The average molecular weight is 571 g/mol. The molecule has 0 N–H and O–H groups in total. The number of hydrogen-bond donors (Lipinski definition) is 0. The van der Waals surface area contributed by atoms with Crippen molar-refractivity contribution in [3.63, 3.8) is 0 Å². The Hall–Kier alpha value is -2.51. The Morgan fingerprint density at radius 1 is 1.03 bits per heavy atom. The van der Waals surface area contributed by atoms with Gasteiger partial charge in [0.25, 0.3) is 5.91 Å². The van der Waals surface area contributed by atoms with Crippen molar-refractivity contribution in [1.29, 1.82) is 0 Å². The maximum atomic E-state index is 13.7. The first-order valence-electron chi connectivity index (χ1n) is 14.2. The van der Waals surface area contributed by atoms with Crippen LogP contribution in [0.4, 0.5) is 4.39 Å². The van der Waals surface area contributed by atoms with Crippen LogP contribution in [0.5, 0.6) is 11.5 Å². The van der Waals surface area contributed by atoms with E-state index in [0.717, 1.165) is 54.8 Å². The first kappa shape index (κ1) is 28.0. The number of amidine groups is 1. The van der Waals surface area contributed by atoms with Gasteiger partial charge in [-0.15, -0.1) is 0 Å². The van der Waals surface area contributed by atoms with E-state index in [9.17, 15) is 9.18 Å². The molecule has 1 heterocycles. The molecule has 208 valence electrons. The maximum Gasteiger partial charge on any atom is 0.266 e. The Morgan fingerprint density at radius 2 is 1.72 bits per heavy atom. The third kappa shape index (κ3) is 6.98. The van der Waals surface area contributed by atoms with Crippen molar-refractivity contribution < 1.29 is 18.7 Å². The highest BCUT2D eigenvalue weighted by Crippen LogP contribution is 2.41. The van der Waals surface area contributed by atoms with E-state index < -0.39 is 0 Å². The summed E-state index contributed by atoms with van der Waals surface area (Å²) in [6, 6.07) is 10.3. The van der Waals surface area contributed by atoms with E-state index in [4.69, 9.17) is 26.1 Å². The summed E-state index contributed by atoms with van der Waals surface area (Å²) in [5.74, 6) is 0.679. The molecule has 5 rings (SSSR count). The second-order valence-corrected chi connectivity index (χ2v) is 11.9. The molecule has 0 unspecified atom stereocenters. The lowest BCUT2D eigenvalue weighted by Crippen LogP contribution is -2.41. The summed E-state index contributed by atoms with van der Waals surface area (Å²) in [6.07, 6.45) is 13.4. The molecule has 39 heavy (non-hydrogen) atoms. The standard InChI is InChI=1S/C31H36ClFN2O3S/c1-2-37-27-18-22(17-26(32)29(27)38-20-21-13-15-23(33)16-14-21)19-28-30(36)35(25-11-7-4-8-12-25)31(39-28)34-24-9-5-3-6-10-24/h13-19,24-25H,2-12,20H2,1H3. The quantitative estimate of drug-likeness (QED) is 0.299. The molecule has 0 bridgehead atoms. The van der Waals surface area contributed by atoms with Gasteiger partial charge in [0.2, 0.25) is 0 Å². The first-order chi connectivity index (χ1) is 19.0. The van der Waals surface area contributed by atoms with Crippen LogP contribution in [-0.4, -0.2) is 34.7 Å². The largest absolute Gasteiger partial charge is 0.490 e. The summed E-state index contributed by atoms with van der Waals surface area (Å²) in [5, 5.41) is 1.26. The first-order valence-corrected chi connectivity index (χ1v) is 15.4. The van der Waals surface area contributed by atoms with Crippen molar-refractivity contribution in [2.45, 2.75) is 89.8 Å². The summed E-state index contributed by atoms with van der Waals surface area (Å²) in [7, 11) is 0. The van der Waals surface area contributed by atoms with E-state index in [1.165, 1.54) is 49.6 Å². The number of amides is 1. The van der Waals surface area contributed by atoms with Gasteiger partial charge < -0.3 is 9.47 Å². The summed E-state index contributed by atoms with van der Waals surface area (Å²) in [4.78, 5) is 21.5. The average Bonchev–Trinajstić information content (AvgIpc) is 3.24. The SMILES string of the molecule is CCOc1cc(C=C2SC(=NC3CCCCC3)N(C3CCCCC3)C2=O)cc(Cl)c1OCc1ccc(F)cc1. The highest BCUT2D eigenvalue weighted by atomic mass is 35.5. The normalized spacial score (nSPS) is 21.2. The molecule has 2 aromatic rings. The molecule has 1 amide bonds. The van der Waals surface area contributed by atoms with Crippen LogP contribution in [0.2, 0.25) is 5.02 Å². The van der Waals surface area contributed by atoms with Gasteiger partial charge in [-0.2, -0.15) is 0 Å². The lowest BCUT2D eigenvalue weighted by atomic mass is 9.94. The molecule has 0 atom stereocenters. The zero-order valence-electron chi connectivity index (χ0n) is 22.5. The van der Waals surface area contributed by atoms with Gasteiger partial charge in [0.15, 0.2) is 16.7 Å². The monoisotopic (exact) mass is 570 g/mol. The summed E-state index contributed by atoms with van der Waals surface area (Å²) >= 11 is 8.16. The molecule has 0 aromatic heterocycles. The molecule has 8 heteroatoms. The van der Waals surface area contributed by atoms with Gasteiger partial charge in [-0.25, -0.2) is 4.39 Å². The number of halogens is 2. The molecule has 2 aromatic carbocycles. The minimum absolute atomic E-state index is 0.0344. The number of ether oxygens (including phenoxy) is 2. The van der Waals surface area contributed by atoms with Crippen LogP contribution < -0.4 is 9.47 Å². The number of thioether (sulfide) groups is 1. The minimum atomic E-state index is -0.294. The van der Waals surface area contributed by atoms with Crippen LogP contribution in [0, 0.1) is 5.82 Å². The number of hydrogen-bond acceptors (Lipinski definition) is 5. The van der Waals surface area contributed by atoms with Crippen molar-refractivity contribution in [3.05, 3.63) is 63.3 Å². The van der Waals surface area contributed by atoms with E-state index in [-0.39, 0.29) is 24.4 Å². The van der Waals surface area contributed by atoms with Crippen molar-refractivity contribution in [2.24, 2.45) is 4.99 Å². The summed E-state index contributed by atoms with van der Waals surface area (Å²) in [6.45, 7) is 2.56. The van der Waals surface area contributed by atoms with Crippen molar-refractivity contribution in [2.75, 3.05) is 6.61 Å². The topological polar surface area (TPSA) is 51.1 Å². The van der Waals surface area contributed by atoms with Crippen molar-refractivity contribution in [1.82, 2.24) is 4.90 Å². The number of carbonyl (C=O) groups is 1. The smallest absolute Gasteiger partial charge is 0.266 e. The van der Waals surface area contributed by atoms with E-state index in [0.29, 0.717) is 34.1 Å². The van der Waals surface area contributed by atoms with Crippen LogP contribution in [0.25, 0.3) is 6.08 Å². The summed E-state index contributed by atoms with van der Waals surface area (Å²) < 4.78 is 25.1. The molecule has 1 saturated heterocycles. The fraction of sp³-hybridized carbons (Fsp3) is 0.484. The van der Waals surface area contributed by atoms with Crippen molar-refractivity contribution in [3.8, 4) is 11.5 Å². The Kier molecular flexibility index (Phi) is 9.51. The van der Waals surface area contributed by atoms with Crippen LogP contribution in [0.3, 0.4) is 0 Å². The third-order valence-electron chi connectivity index (χ3n) is 7.57. The zero-order valence-corrected chi connectivity index (χ0v) is 24.0. The minimum Gasteiger partial charge on any atom is -0.490 e. The Balaban J connectivity index is 1.41. The highest BCUT2D eigenvalue weighted by Gasteiger charge is 2.39. The number of benzene rings is 2. The molecule has 3 fully saturated rings. The molecular formula is C31H36ClFN2O3S. The van der Waals surface area contributed by atoms with Crippen LogP contribution in [0.15, 0.2) is 46.3 Å². The van der Waals surface area contributed by atoms with Gasteiger partial charge in [0.1, 0.15) is 12.4 Å². The molecule has 0 spiro atoms. The van der Waals surface area contributed by atoms with Gasteiger partial charge in [0, 0.05) is 6.04 Å². The third-order valence-corrected chi connectivity index (χ3v) is 8.85. The predicted octanol–water partition coefficient (Wildman–Crippen LogP) is 8.39. The number of rotatable bonds is 8. The van der Waals surface area contributed by atoms with Crippen molar-refractivity contribution >= 4 is 40.5 Å². The van der Waals surface area contributed by atoms with E-state index in [1.807, 2.05) is 24.0 Å². The lowest BCUT2D eigenvalue weighted by molar-refractivity contribution is -0.124. The number of nitrogens with zero attached hydrogens (tertiary/aromatic N) is 2. The Bertz CT molecular complexity index is 1220. The van der Waals surface area contributed by atoms with Crippen LogP contribution >= 0.6 is 23.4 Å². The molecule has 3 aliphatic rings. The maximum absolute atomic E-state index is 13.7. The molecule has 0 radical (unpaired) electrons. The molecule has 5 nitrogen and oxygen atoms in total. The molecular weight excluding hydrogens is 535 g/mol. The fourth-order valence-corrected chi connectivity index (χ4v) is 6.95. The van der Waals surface area contributed by atoms with E-state index in [1.54, 1.807) is 18.2 Å². The predicted molar refractivity (Wildman–Crippen MR) is 157 cm³/mol. The van der Waals surface area contributed by atoms with Gasteiger partial charge in [-0.1, -0.05) is 62.3 Å². The molecule has 2 aliphatic carbocycles. The lowest BCUT2D eigenvalue weighted by Gasteiger charge is -2.31. The molecule has 2 saturated carbocycles.